The molecular weight excluding hydrogens is 481 g/mol. The lowest BCUT2D eigenvalue weighted by Crippen LogP contribution is -2.35. The Morgan fingerprint density at radius 2 is 2.03 bits per heavy atom. The molecular formula is C25H33BClN5O2S. The third-order valence-electron chi connectivity index (χ3n) is 6.61. The standard InChI is InChI=1S/C25H33BClN5O2S/c1-17(2)18-9-11-19(12-10-18)35(33,34)31(3)14-6-13-28-24-15-23(20-7-4-5-8-22(20)27)30-25-21(26)16-29-32(24)25/h5,8-12,16-17,24,28H,4,6-7,13-15,26H2,1-3H3. The number of allylic oxidation sites excluding steroid dienone is 4. The number of halogens is 1. The molecule has 0 bridgehead atoms. The van der Waals surface area contributed by atoms with Gasteiger partial charge in [-0.3, -0.25) is 5.32 Å². The molecule has 2 aromatic rings. The van der Waals surface area contributed by atoms with Gasteiger partial charge >= 0.3 is 0 Å². The van der Waals surface area contributed by atoms with Gasteiger partial charge in [-0.25, -0.2) is 22.4 Å². The third-order valence-corrected chi connectivity index (χ3v) is 8.84. The van der Waals surface area contributed by atoms with Gasteiger partial charge in [0.05, 0.1) is 10.6 Å². The molecule has 0 saturated carbocycles. The van der Waals surface area contributed by atoms with Gasteiger partial charge in [0, 0.05) is 31.2 Å². The summed E-state index contributed by atoms with van der Waals surface area (Å²) in [5.41, 5.74) is 4.24. The van der Waals surface area contributed by atoms with E-state index in [9.17, 15) is 8.42 Å². The van der Waals surface area contributed by atoms with Gasteiger partial charge in [0.1, 0.15) is 19.8 Å². The molecule has 0 amide bonds. The van der Waals surface area contributed by atoms with E-state index in [4.69, 9.17) is 16.6 Å². The number of aromatic nitrogens is 2. The average Bonchev–Trinajstić information content (AvgIpc) is 3.22. The van der Waals surface area contributed by atoms with Crippen LogP contribution in [0.3, 0.4) is 0 Å². The predicted octanol–water partition coefficient (Wildman–Crippen LogP) is 3.38. The largest absolute Gasteiger partial charge is 0.295 e. The number of benzene rings is 1. The van der Waals surface area contributed by atoms with Crippen LogP contribution in [-0.4, -0.2) is 56.2 Å². The summed E-state index contributed by atoms with van der Waals surface area (Å²) in [6.07, 6.45) is 9.02. The number of aliphatic imine (C=N–C) groups is 1. The van der Waals surface area contributed by atoms with E-state index in [1.807, 2.05) is 36.9 Å². The minimum absolute atomic E-state index is 0.0560. The van der Waals surface area contributed by atoms with Crippen LogP contribution in [0.4, 0.5) is 5.82 Å². The number of hydrogen-bond donors (Lipinski definition) is 1. The second kappa shape index (κ2) is 10.8. The van der Waals surface area contributed by atoms with Crippen molar-refractivity contribution in [2.24, 2.45) is 4.99 Å². The summed E-state index contributed by atoms with van der Waals surface area (Å²) in [5.74, 6) is 1.21. The summed E-state index contributed by atoms with van der Waals surface area (Å²) < 4.78 is 29.3. The van der Waals surface area contributed by atoms with E-state index >= 15 is 0 Å². The molecule has 0 radical (unpaired) electrons. The zero-order valence-corrected chi connectivity index (χ0v) is 22.4. The van der Waals surface area contributed by atoms with Gasteiger partial charge in [0.15, 0.2) is 0 Å². The highest BCUT2D eigenvalue weighted by molar-refractivity contribution is 7.89. The first-order valence-electron chi connectivity index (χ1n) is 12.2. The Bertz CT molecular complexity index is 1270. The molecule has 1 N–H and O–H groups in total. The van der Waals surface area contributed by atoms with Gasteiger partial charge < -0.3 is 0 Å². The van der Waals surface area contributed by atoms with E-state index in [-0.39, 0.29) is 6.17 Å². The van der Waals surface area contributed by atoms with Crippen LogP contribution in [-0.2, 0) is 10.0 Å². The molecule has 0 saturated heterocycles. The number of rotatable bonds is 9. The first-order valence-corrected chi connectivity index (χ1v) is 14.0. The van der Waals surface area contributed by atoms with Crippen LogP contribution in [0.2, 0.25) is 0 Å². The van der Waals surface area contributed by atoms with Crippen LogP contribution in [0.5, 0.6) is 0 Å². The number of nitrogens with one attached hydrogen (secondary N) is 1. The Kier molecular flexibility index (Phi) is 8.00. The molecule has 0 spiro atoms. The summed E-state index contributed by atoms with van der Waals surface area (Å²) >= 11 is 6.49. The minimum Gasteiger partial charge on any atom is -0.295 e. The summed E-state index contributed by atoms with van der Waals surface area (Å²) in [5, 5.41) is 8.84. The Morgan fingerprint density at radius 3 is 2.71 bits per heavy atom. The fraction of sp³-hybridized carbons (Fsp3) is 0.440. The molecule has 1 aliphatic heterocycles. The maximum Gasteiger partial charge on any atom is 0.242 e. The van der Waals surface area contributed by atoms with Crippen molar-refractivity contribution in [1.82, 2.24) is 19.4 Å². The van der Waals surface area contributed by atoms with Crippen molar-refractivity contribution >= 4 is 46.5 Å². The highest BCUT2D eigenvalue weighted by atomic mass is 35.5. The molecule has 1 atom stereocenters. The van der Waals surface area contributed by atoms with Crippen LogP contribution in [0, 0.1) is 0 Å². The number of nitrogens with zero attached hydrogens (tertiary/aromatic N) is 4. The minimum atomic E-state index is -3.52. The molecule has 4 rings (SSSR count). The molecule has 186 valence electrons. The van der Waals surface area contributed by atoms with E-state index in [1.165, 1.54) is 4.31 Å². The monoisotopic (exact) mass is 513 g/mol. The van der Waals surface area contributed by atoms with E-state index in [2.05, 4.69) is 30.3 Å². The molecule has 35 heavy (non-hydrogen) atoms. The van der Waals surface area contributed by atoms with Crippen LogP contribution in [0.1, 0.15) is 57.2 Å². The van der Waals surface area contributed by atoms with E-state index < -0.39 is 10.0 Å². The van der Waals surface area contributed by atoms with Crippen molar-refractivity contribution in [2.75, 3.05) is 20.1 Å². The fourth-order valence-corrected chi connectivity index (χ4v) is 5.92. The Morgan fingerprint density at radius 1 is 1.29 bits per heavy atom. The van der Waals surface area contributed by atoms with Crippen LogP contribution >= 0.6 is 11.6 Å². The van der Waals surface area contributed by atoms with Gasteiger partial charge in [-0.15, -0.1) is 0 Å². The van der Waals surface area contributed by atoms with E-state index in [0.717, 1.165) is 46.0 Å². The summed E-state index contributed by atoms with van der Waals surface area (Å²) in [7, 11) is 0.123. The SMILES string of the molecule is Bc1cnn2c1N=C(C1=C(Cl)C=CCC1)CC2NCCCN(C)S(=O)(=O)c1ccc(C(C)C)cc1. The Hall–Kier alpha value is -2.20. The number of sulfonamides is 1. The van der Waals surface area contributed by atoms with Crippen LogP contribution < -0.4 is 10.8 Å². The molecule has 1 aliphatic carbocycles. The van der Waals surface area contributed by atoms with Crippen molar-refractivity contribution in [3.8, 4) is 0 Å². The fourth-order valence-electron chi connectivity index (χ4n) is 4.41. The zero-order valence-electron chi connectivity index (χ0n) is 20.8. The van der Waals surface area contributed by atoms with Crippen LogP contribution in [0.15, 0.2) is 63.1 Å². The first-order chi connectivity index (χ1) is 16.7. The number of hydrogen-bond acceptors (Lipinski definition) is 5. The second-order valence-corrected chi connectivity index (χ2v) is 12.0. The van der Waals surface area contributed by atoms with Crippen molar-refractivity contribution in [2.45, 2.75) is 56.5 Å². The van der Waals surface area contributed by atoms with Crippen LogP contribution in [0.25, 0.3) is 0 Å². The quantitative estimate of drug-likeness (QED) is 0.412. The summed E-state index contributed by atoms with van der Waals surface area (Å²) in [6.45, 7) is 5.25. The normalized spacial score (nSPS) is 18.3. The summed E-state index contributed by atoms with van der Waals surface area (Å²) in [6, 6.07) is 7.18. The van der Waals surface area contributed by atoms with Gasteiger partial charge in [0.25, 0.3) is 0 Å². The molecule has 1 aromatic heterocycles. The smallest absolute Gasteiger partial charge is 0.242 e. The topological polar surface area (TPSA) is 79.6 Å². The first kappa shape index (κ1) is 25.9. The van der Waals surface area contributed by atoms with Crippen molar-refractivity contribution < 1.29 is 8.42 Å². The molecule has 1 unspecified atom stereocenters. The lowest BCUT2D eigenvalue weighted by Gasteiger charge is -2.28. The maximum atomic E-state index is 13.0. The lowest BCUT2D eigenvalue weighted by molar-refractivity contribution is 0.365. The third kappa shape index (κ3) is 5.64. The molecule has 0 fully saturated rings. The van der Waals surface area contributed by atoms with Gasteiger partial charge in [-0.2, -0.15) is 5.10 Å². The maximum absolute atomic E-state index is 13.0. The van der Waals surface area contributed by atoms with E-state index in [1.54, 1.807) is 19.2 Å². The summed E-state index contributed by atoms with van der Waals surface area (Å²) in [4.78, 5) is 5.21. The zero-order chi connectivity index (χ0) is 25.2. The highest BCUT2D eigenvalue weighted by Gasteiger charge is 2.27. The molecule has 2 aliphatic rings. The second-order valence-electron chi connectivity index (χ2n) is 9.50. The molecule has 10 heteroatoms. The molecule has 7 nitrogen and oxygen atoms in total. The van der Waals surface area contributed by atoms with Gasteiger partial charge in [-0.1, -0.05) is 43.7 Å². The van der Waals surface area contributed by atoms with Gasteiger partial charge in [0.2, 0.25) is 10.0 Å². The van der Waals surface area contributed by atoms with Crippen molar-refractivity contribution in [3.05, 3.63) is 58.8 Å². The molecule has 2 heterocycles. The van der Waals surface area contributed by atoms with Gasteiger partial charge in [-0.05, 0) is 66.5 Å². The lowest BCUT2D eigenvalue weighted by atomic mass is 9.95. The van der Waals surface area contributed by atoms with Crippen molar-refractivity contribution in [1.29, 1.82) is 0 Å². The Labute approximate surface area is 214 Å². The molecule has 1 aromatic carbocycles. The van der Waals surface area contributed by atoms with Crippen molar-refractivity contribution in [3.63, 3.8) is 0 Å². The number of fused-ring (bicyclic) bond motifs is 1. The highest BCUT2D eigenvalue weighted by Crippen LogP contribution is 2.31. The Balaban J connectivity index is 1.38. The predicted molar refractivity (Wildman–Crippen MR) is 145 cm³/mol. The van der Waals surface area contributed by atoms with E-state index in [0.29, 0.717) is 36.7 Å². The average molecular weight is 514 g/mol.